The average molecular weight is 727 g/mol. The van der Waals surface area contributed by atoms with Crippen molar-refractivity contribution in [3.8, 4) is 11.1 Å². The van der Waals surface area contributed by atoms with Crippen LogP contribution >= 0.6 is 0 Å². The molecule has 0 atom stereocenters. The van der Waals surface area contributed by atoms with Gasteiger partial charge in [0.05, 0.1) is 0 Å². The third kappa shape index (κ3) is 4.97. The Hall–Kier alpha value is -5.20. The second-order valence-corrected chi connectivity index (χ2v) is 21.0. The first-order valence-electron chi connectivity index (χ1n) is 20.7. The summed E-state index contributed by atoms with van der Waals surface area (Å²) in [5.41, 5.74) is 8.22. The summed E-state index contributed by atoms with van der Waals surface area (Å²) in [7, 11) is 0. The highest BCUT2D eigenvalue weighted by molar-refractivity contribution is 6.37. The molecule has 0 aliphatic heterocycles. The van der Waals surface area contributed by atoms with E-state index in [2.05, 4.69) is 192 Å². The Morgan fingerprint density at radius 1 is 0.268 bits per heavy atom. The van der Waals surface area contributed by atoms with E-state index in [-0.39, 0.29) is 21.7 Å². The van der Waals surface area contributed by atoms with Crippen molar-refractivity contribution in [3.05, 3.63) is 131 Å². The topological polar surface area (TPSA) is 0 Å². The second kappa shape index (κ2) is 11.2. The summed E-state index contributed by atoms with van der Waals surface area (Å²) in [5.74, 6) is 0. The number of hydrogen-bond donors (Lipinski definition) is 0. The van der Waals surface area contributed by atoms with E-state index in [9.17, 15) is 0 Å². The highest BCUT2D eigenvalue weighted by Crippen LogP contribution is 2.51. The van der Waals surface area contributed by atoms with Crippen LogP contribution in [0.1, 0.15) is 105 Å². The fourth-order valence-electron chi connectivity index (χ4n) is 9.97. The third-order valence-corrected chi connectivity index (χ3v) is 13.1. The molecule has 0 heterocycles. The summed E-state index contributed by atoms with van der Waals surface area (Å²) in [6.07, 6.45) is 0. The summed E-state index contributed by atoms with van der Waals surface area (Å²) < 4.78 is 0. The van der Waals surface area contributed by atoms with Crippen LogP contribution in [0.15, 0.2) is 109 Å². The summed E-state index contributed by atoms with van der Waals surface area (Å²) in [5, 5.41) is 21.8. The quantitative estimate of drug-likeness (QED) is 0.117. The van der Waals surface area contributed by atoms with Gasteiger partial charge in [0.2, 0.25) is 0 Å². The van der Waals surface area contributed by atoms with Crippen molar-refractivity contribution in [3.63, 3.8) is 0 Å². The predicted molar refractivity (Wildman–Crippen MR) is 249 cm³/mol. The zero-order valence-electron chi connectivity index (χ0n) is 35.4. The molecular formula is C56H54. The SMILES string of the molecule is CC(C)(C)c1cc2cc(C(C)(C)C)cc3c4ccc(-c5cc(C(C)(C)C)c6c7cccc8cc(C(C)(C)C)cc(c9cccc5c96)c87)c5cccc(c(c1)c23)c54. The van der Waals surface area contributed by atoms with Crippen LogP contribution in [-0.4, -0.2) is 0 Å². The fraction of sp³-hybridized carbons (Fsp3) is 0.286. The first-order chi connectivity index (χ1) is 26.3. The maximum Gasteiger partial charge on any atom is -0.00171 e. The minimum Gasteiger partial charge on any atom is -0.0610 e. The zero-order chi connectivity index (χ0) is 39.4. The Morgan fingerprint density at radius 3 is 1.23 bits per heavy atom. The summed E-state index contributed by atoms with van der Waals surface area (Å²) in [6.45, 7) is 28.3. The van der Waals surface area contributed by atoms with E-state index in [0.717, 1.165) is 0 Å². The predicted octanol–water partition coefficient (Wildman–Crippen LogP) is 16.6. The lowest BCUT2D eigenvalue weighted by molar-refractivity contribution is 0.590. The molecule has 0 amide bonds. The van der Waals surface area contributed by atoms with Crippen molar-refractivity contribution in [1.29, 1.82) is 0 Å². The highest BCUT2D eigenvalue weighted by atomic mass is 14.3. The molecule has 0 bridgehead atoms. The Morgan fingerprint density at radius 2 is 0.696 bits per heavy atom. The lowest BCUT2D eigenvalue weighted by Gasteiger charge is -2.28. The Balaban J connectivity index is 1.39. The standard InChI is InChI=1S/C56H54/c1-53(2,3)33-24-31-16-13-21-42-48(31)45(27-33)40-20-15-18-38-43(30-47(56(10,11)12)52(42)51(38)40)36-22-23-41-46-29-35(55(7,8)9)26-32-25-34(54(4,5)6)28-44(49(32)46)39-19-14-17-37(36)50(39)41/h13-30H,1-12H3. The molecule has 0 fully saturated rings. The molecule has 0 spiro atoms. The van der Waals surface area contributed by atoms with E-state index in [1.807, 2.05) is 0 Å². The van der Waals surface area contributed by atoms with Gasteiger partial charge in [-0.1, -0.05) is 168 Å². The molecule has 56 heavy (non-hydrogen) atoms. The Kier molecular flexibility index (Phi) is 7.06. The molecule has 0 aromatic heterocycles. The van der Waals surface area contributed by atoms with Crippen LogP contribution in [-0.2, 0) is 21.7 Å². The van der Waals surface area contributed by atoms with Gasteiger partial charge in [-0.05, 0) is 165 Å². The fourth-order valence-corrected chi connectivity index (χ4v) is 9.97. The monoisotopic (exact) mass is 726 g/mol. The molecule has 0 saturated carbocycles. The van der Waals surface area contributed by atoms with Crippen molar-refractivity contribution in [2.24, 2.45) is 0 Å². The number of rotatable bonds is 1. The zero-order valence-corrected chi connectivity index (χ0v) is 35.4. The van der Waals surface area contributed by atoms with Crippen LogP contribution in [0.4, 0.5) is 0 Å². The number of benzene rings is 10. The molecule has 0 unspecified atom stereocenters. The molecule has 10 rings (SSSR count). The van der Waals surface area contributed by atoms with Crippen LogP contribution in [0, 0.1) is 0 Å². The number of hydrogen-bond acceptors (Lipinski definition) is 0. The Labute approximate surface area is 332 Å². The van der Waals surface area contributed by atoms with Crippen molar-refractivity contribution in [2.75, 3.05) is 0 Å². The molecule has 278 valence electrons. The molecule has 10 aromatic carbocycles. The average Bonchev–Trinajstić information content (AvgIpc) is 3.13. The van der Waals surface area contributed by atoms with Crippen LogP contribution < -0.4 is 0 Å². The third-order valence-electron chi connectivity index (χ3n) is 13.1. The van der Waals surface area contributed by atoms with E-state index < -0.39 is 0 Å². The van der Waals surface area contributed by atoms with E-state index >= 15 is 0 Å². The van der Waals surface area contributed by atoms with Gasteiger partial charge < -0.3 is 0 Å². The van der Waals surface area contributed by atoms with E-state index in [0.29, 0.717) is 0 Å². The summed E-state index contributed by atoms with van der Waals surface area (Å²) in [6, 6.07) is 43.4. The van der Waals surface area contributed by atoms with Gasteiger partial charge in [0.1, 0.15) is 0 Å². The normalized spacial score (nSPS) is 13.7. The lowest BCUT2D eigenvalue weighted by Crippen LogP contribution is -2.13. The van der Waals surface area contributed by atoms with Crippen molar-refractivity contribution < 1.29 is 0 Å². The molecule has 0 radical (unpaired) electrons. The van der Waals surface area contributed by atoms with Gasteiger partial charge in [-0.25, -0.2) is 0 Å². The molecule has 10 aromatic rings. The van der Waals surface area contributed by atoms with Gasteiger partial charge in [-0.3, -0.25) is 0 Å². The van der Waals surface area contributed by atoms with Crippen LogP contribution in [0.5, 0.6) is 0 Å². The van der Waals surface area contributed by atoms with E-state index in [4.69, 9.17) is 0 Å². The minimum absolute atomic E-state index is 0.0297. The van der Waals surface area contributed by atoms with Crippen LogP contribution in [0.25, 0.3) is 97.3 Å². The minimum atomic E-state index is -0.0793. The van der Waals surface area contributed by atoms with Crippen molar-refractivity contribution in [2.45, 2.75) is 105 Å². The first kappa shape index (κ1) is 35.2. The molecule has 0 aliphatic rings. The molecular weight excluding hydrogens is 673 g/mol. The molecule has 0 nitrogen and oxygen atoms in total. The van der Waals surface area contributed by atoms with Crippen LogP contribution in [0.3, 0.4) is 0 Å². The van der Waals surface area contributed by atoms with E-state index in [1.165, 1.54) is 120 Å². The van der Waals surface area contributed by atoms with E-state index in [1.54, 1.807) is 0 Å². The highest BCUT2D eigenvalue weighted by Gasteiger charge is 2.28. The van der Waals surface area contributed by atoms with Gasteiger partial charge in [-0.2, -0.15) is 0 Å². The second-order valence-electron chi connectivity index (χ2n) is 21.0. The maximum absolute atomic E-state index is 2.56. The Bertz CT molecular complexity index is 3170. The van der Waals surface area contributed by atoms with Crippen LogP contribution in [0.2, 0.25) is 0 Å². The van der Waals surface area contributed by atoms with Crippen molar-refractivity contribution in [1.82, 2.24) is 0 Å². The van der Waals surface area contributed by atoms with Gasteiger partial charge in [0.25, 0.3) is 0 Å². The molecule has 0 saturated heterocycles. The van der Waals surface area contributed by atoms with Gasteiger partial charge in [-0.15, -0.1) is 0 Å². The largest absolute Gasteiger partial charge is 0.0610 e. The van der Waals surface area contributed by atoms with Gasteiger partial charge in [0, 0.05) is 0 Å². The molecule has 0 N–H and O–H groups in total. The maximum atomic E-state index is 2.56. The summed E-state index contributed by atoms with van der Waals surface area (Å²) >= 11 is 0. The van der Waals surface area contributed by atoms with Gasteiger partial charge >= 0.3 is 0 Å². The van der Waals surface area contributed by atoms with Crippen molar-refractivity contribution >= 4 is 86.2 Å². The first-order valence-corrected chi connectivity index (χ1v) is 20.7. The molecule has 0 heteroatoms. The lowest BCUT2D eigenvalue weighted by atomic mass is 9.75. The summed E-state index contributed by atoms with van der Waals surface area (Å²) in [4.78, 5) is 0. The van der Waals surface area contributed by atoms with Gasteiger partial charge in [0.15, 0.2) is 0 Å². The number of fused-ring (bicyclic) bond motifs is 4. The smallest absolute Gasteiger partial charge is 0.00171 e. The molecule has 0 aliphatic carbocycles.